The van der Waals surface area contributed by atoms with Crippen molar-refractivity contribution in [1.29, 1.82) is 0 Å². The molecule has 1 atom stereocenters. The van der Waals surface area contributed by atoms with Gasteiger partial charge in [-0.05, 0) is 48.2 Å². The van der Waals surface area contributed by atoms with E-state index in [-0.39, 0.29) is 17.9 Å². The number of nitrogens with two attached hydrogens (primary N) is 1. The maximum atomic E-state index is 13.2. The zero-order chi connectivity index (χ0) is 21.8. The summed E-state index contributed by atoms with van der Waals surface area (Å²) < 4.78 is 10.5. The van der Waals surface area contributed by atoms with Crippen molar-refractivity contribution < 1.29 is 14.3 Å². The topological polar surface area (TPSA) is 90.6 Å². The Balaban J connectivity index is 1.61. The molecule has 1 amide bonds. The van der Waals surface area contributed by atoms with Crippen LogP contribution in [0.2, 0.25) is 0 Å². The molecule has 0 bridgehead atoms. The van der Waals surface area contributed by atoms with E-state index in [2.05, 4.69) is 9.97 Å². The molecule has 1 aromatic heterocycles. The second-order valence-electron chi connectivity index (χ2n) is 7.53. The van der Waals surface area contributed by atoms with Crippen molar-refractivity contribution in [3.63, 3.8) is 0 Å². The zero-order valence-corrected chi connectivity index (χ0v) is 17.7. The van der Waals surface area contributed by atoms with E-state index in [1.165, 1.54) is 0 Å². The monoisotopic (exact) mass is 418 g/mol. The Kier molecular flexibility index (Phi) is 6.02. The van der Waals surface area contributed by atoms with Crippen LogP contribution in [-0.4, -0.2) is 41.5 Å². The molecule has 0 aliphatic carbocycles. The van der Waals surface area contributed by atoms with E-state index in [0.717, 1.165) is 46.7 Å². The van der Waals surface area contributed by atoms with Gasteiger partial charge in [-0.2, -0.15) is 0 Å². The minimum absolute atomic E-state index is 0.0746. The summed E-state index contributed by atoms with van der Waals surface area (Å²) >= 11 is 0. The van der Waals surface area contributed by atoms with E-state index in [0.29, 0.717) is 13.0 Å². The predicted molar refractivity (Wildman–Crippen MR) is 119 cm³/mol. The zero-order valence-electron chi connectivity index (χ0n) is 17.7. The van der Waals surface area contributed by atoms with Crippen LogP contribution in [0.15, 0.2) is 54.7 Å². The van der Waals surface area contributed by atoms with Crippen molar-refractivity contribution in [2.75, 3.05) is 26.5 Å². The Hall–Kier alpha value is -3.61. The summed E-state index contributed by atoms with van der Waals surface area (Å²) in [5.41, 5.74) is 9.52. The van der Waals surface area contributed by atoms with Gasteiger partial charge in [0, 0.05) is 18.3 Å². The van der Waals surface area contributed by atoms with Crippen LogP contribution in [0.3, 0.4) is 0 Å². The number of carbonyl (C=O) groups is 1. The summed E-state index contributed by atoms with van der Waals surface area (Å²) in [4.78, 5) is 23.9. The van der Waals surface area contributed by atoms with Gasteiger partial charge in [-0.1, -0.05) is 24.3 Å². The highest BCUT2D eigenvalue weighted by Crippen LogP contribution is 2.37. The molecule has 1 saturated heterocycles. The van der Waals surface area contributed by atoms with Crippen LogP contribution >= 0.6 is 0 Å². The molecular weight excluding hydrogens is 392 g/mol. The van der Waals surface area contributed by atoms with Crippen LogP contribution in [0.1, 0.15) is 30.1 Å². The van der Waals surface area contributed by atoms with Gasteiger partial charge in [0.1, 0.15) is 11.5 Å². The Bertz CT molecular complexity index is 1050. The highest BCUT2D eigenvalue weighted by molar-refractivity contribution is 5.80. The van der Waals surface area contributed by atoms with Gasteiger partial charge >= 0.3 is 0 Å². The van der Waals surface area contributed by atoms with E-state index in [4.69, 9.17) is 15.2 Å². The molecular formula is C24H26N4O3. The molecule has 0 saturated carbocycles. The van der Waals surface area contributed by atoms with E-state index < -0.39 is 0 Å². The molecule has 1 aliphatic heterocycles. The average Bonchev–Trinajstić information content (AvgIpc) is 3.30. The lowest BCUT2D eigenvalue weighted by molar-refractivity contribution is -0.131. The van der Waals surface area contributed by atoms with Crippen LogP contribution in [0.5, 0.6) is 11.5 Å². The lowest BCUT2D eigenvalue weighted by Crippen LogP contribution is -2.32. The number of amides is 1. The number of likely N-dealkylation sites (tertiary alicyclic amines) is 1. The first kappa shape index (κ1) is 20.7. The Morgan fingerprint density at radius 2 is 1.71 bits per heavy atom. The SMILES string of the molecule is COc1ccc(CC(=O)N2CCCC2c2nc(N)ncc2-c2ccc(OC)cc2)cc1. The maximum absolute atomic E-state index is 13.2. The smallest absolute Gasteiger partial charge is 0.227 e. The molecule has 1 unspecified atom stereocenters. The van der Waals surface area contributed by atoms with Crippen LogP contribution in [0.4, 0.5) is 5.95 Å². The number of hydrogen-bond donors (Lipinski definition) is 1. The molecule has 7 heteroatoms. The molecule has 2 heterocycles. The quantitative estimate of drug-likeness (QED) is 0.657. The lowest BCUT2D eigenvalue weighted by atomic mass is 9.99. The Labute approximate surface area is 181 Å². The number of ether oxygens (including phenoxy) is 2. The first-order valence-corrected chi connectivity index (χ1v) is 10.3. The van der Waals surface area contributed by atoms with Gasteiger partial charge in [-0.3, -0.25) is 4.79 Å². The molecule has 31 heavy (non-hydrogen) atoms. The normalized spacial score (nSPS) is 15.7. The maximum Gasteiger partial charge on any atom is 0.227 e. The summed E-state index contributed by atoms with van der Waals surface area (Å²) in [6, 6.07) is 15.2. The molecule has 2 N–H and O–H groups in total. The second kappa shape index (κ2) is 9.04. The van der Waals surface area contributed by atoms with Gasteiger partial charge in [0.2, 0.25) is 11.9 Å². The summed E-state index contributed by atoms with van der Waals surface area (Å²) in [6.07, 6.45) is 3.84. The summed E-state index contributed by atoms with van der Waals surface area (Å²) in [5.74, 6) is 1.84. The molecule has 0 radical (unpaired) electrons. The molecule has 3 aromatic rings. The van der Waals surface area contributed by atoms with Crippen molar-refractivity contribution in [3.05, 3.63) is 66.0 Å². The first-order chi connectivity index (χ1) is 15.1. The third kappa shape index (κ3) is 4.45. The van der Waals surface area contributed by atoms with E-state index in [1.807, 2.05) is 53.4 Å². The van der Waals surface area contributed by atoms with Crippen LogP contribution in [0.25, 0.3) is 11.1 Å². The summed E-state index contributed by atoms with van der Waals surface area (Å²) in [6.45, 7) is 0.700. The van der Waals surface area contributed by atoms with Gasteiger partial charge < -0.3 is 20.1 Å². The standard InChI is InChI=1S/C24H26N4O3/c1-30-18-9-5-16(6-10-18)14-22(29)28-13-3-4-21(28)23-20(15-26-24(25)27-23)17-7-11-19(31-2)12-8-17/h5-12,15,21H,3-4,13-14H2,1-2H3,(H2,25,26,27). The Morgan fingerprint density at radius 1 is 1.06 bits per heavy atom. The first-order valence-electron chi connectivity index (χ1n) is 10.3. The van der Waals surface area contributed by atoms with Gasteiger partial charge in [0.05, 0.1) is 32.4 Å². The lowest BCUT2D eigenvalue weighted by Gasteiger charge is -2.26. The van der Waals surface area contributed by atoms with Gasteiger partial charge in [-0.25, -0.2) is 9.97 Å². The number of anilines is 1. The number of aromatic nitrogens is 2. The minimum atomic E-state index is -0.131. The van der Waals surface area contributed by atoms with Crippen LogP contribution < -0.4 is 15.2 Å². The minimum Gasteiger partial charge on any atom is -0.497 e. The molecule has 0 spiro atoms. The number of nitrogens with zero attached hydrogens (tertiary/aromatic N) is 3. The third-order valence-corrected chi connectivity index (χ3v) is 5.64. The van der Waals surface area contributed by atoms with Gasteiger partial charge in [0.15, 0.2) is 0 Å². The summed E-state index contributed by atoms with van der Waals surface area (Å²) in [7, 11) is 3.26. The number of nitrogen functional groups attached to an aromatic ring is 1. The van der Waals surface area contributed by atoms with Crippen molar-refractivity contribution >= 4 is 11.9 Å². The molecule has 1 fully saturated rings. The molecule has 4 rings (SSSR count). The number of hydrogen-bond acceptors (Lipinski definition) is 6. The van der Waals surface area contributed by atoms with Crippen molar-refractivity contribution in [2.45, 2.75) is 25.3 Å². The van der Waals surface area contributed by atoms with E-state index in [1.54, 1.807) is 20.4 Å². The third-order valence-electron chi connectivity index (χ3n) is 5.64. The number of rotatable bonds is 6. The summed E-state index contributed by atoms with van der Waals surface area (Å²) in [5, 5.41) is 0. The van der Waals surface area contributed by atoms with Gasteiger partial charge in [-0.15, -0.1) is 0 Å². The van der Waals surface area contributed by atoms with Crippen LogP contribution in [-0.2, 0) is 11.2 Å². The highest BCUT2D eigenvalue weighted by Gasteiger charge is 2.33. The molecule has 160 valence electrons. The largest absolute Gasteiger partial charge is 0.497 e. The number of methoxy groups -OCH3 is 2. The fourth-order valence-corrected chi connectivity index (χ4v) is 4.03. The average molecular weight is 418 g/mol. The van der Waals surface area contributed by atoms with E-state index >= 15 is 0 Å². The molecule has 2 aromatic carbocycles. The molecule has 1 aliphatic rings. The second-order valence-corrected chi connectivity index (χ2v) is 7.53. The predicted octanol–water partition coefficient (Wildman–Crippen LogP) is 3.65. The van der Waals surface area contributed by atoms with E-state index in [9.17, 15) is 4.79 Å². The van der Waals surface area contributed by atoms with Crippen LogP contribution in [0, 0.1) is 0 Å². The van der Waals surface area contributed by atoms with Crippen molar-refractivity contribution in [2.24, 2.45) is 0 Å². The Morgan fingerprint density at radius 3 is 2.35 bits per heavy atom. The van der Waals surface area contributed by atoms with Gasteiger partial charge in [0.25, 0.3) is 0 Å². The number of benzene rings is 2. The fourth-order valence-electron chi connectivity index (χ4n) is 4.03. The molecule has 7 nitrogen and oxygen atoms in total. The number of carbonyl (C=O) groups excluding carboxylic acids is 1. The van der Waals surface area contributed by atoms with Crippen molar-refractivity contribution in [1.82, 2.24) is 14.9 Å². The fraction of sp³-hybridized carbons (Fsp3) is 0.292. The highest BCUT2D eigenvalue weighted by atomic mass is 16.5. The van der Waals surface area contributed by atoms with Crippen molar-refractivity contribution in [3.8, 4) is 22.6 Å².